The molecule has 208 valence electrons. The first kappa shape index (κ1) is 28.8. The lowest BCUT2D eigenvalue weighted by Gasteiger charge is -2.29. The number of hydrogen-bond donors (Lipinski definition) is 2. The smallest absolute Gasteiger partial charge is 0.402 e. The zero-order valence-corrected chi connectivity index (χ0v) is 23.2. The minimum atomic E-state index is -4.95. The van der Waals surface area contributed by atoms with E-state index in [0.717, 1.165) is 23.3 Å². The highest BCUT2D eigenvalue weighted by molar-refractivity contribution is 7.55. The Labute approximate surface area is 225 Å². The maximum Gasteiger partial charge on any atom is 0.402 e. The van der Waals surface area contributed by atoms with Crippen LogP contribution < -0.4 is 10.5 Å². The molecule has 2 heterocycles. The van der Waals surface area contributed by atoms with Gasteiger partial charge in [-0.25, -0.2) is 4.98 Å². The molecule has 0 aliphatic rings. The van der Waals surface area contributed by atoms with Gasteiger partial charge in [0.05, 0.1) is 25.8 Å². The number of alkyl halides is 2. The van der Waals surface area contributed by atoms with Crippen molar-refractivity contribution in [2.24, 2.45) is 0 Å². The number of halogens is 2. The molecule has 39 heavy (non-hydrogen) atoms. The van der Waals surface area contributed by atoms with Crippen molar-refractivity contribution in [3.8, 4) is 5.75 Å². The van der Waals surface area contributed by atoms with E-state index in [4.69, 9.17) is 19.5 Å². The van der Waals surface area contributed by atoms with Crippen LogP contribution in [0.25, 0.3) is 21.8 Å². The average molecular weight is 560 g/mol. The number of pyridine rings is 2. The van der Waals surface area contributed by atoms with Crippen molar-refractivity contribution >= 4 is 35.2 Å². The zero-order chi connectivity index (χ0) is 28.4. The lowest BCUT2D eigenvalue weighted by molar-refractivity contribution is -0.0676. The summed E-state index contributed by atoms with van der Waals surface area (Å²) in [7, 11) is -3.31. The van der Waals surface area contributed by atoms with Gasteiger partial charge >= 0.3 is 13.3 Å². The molecule has 4 rings (SSSR count). The third-order valence-electron chi connectivity index (χ3n) is 6.58. The molecule has 1 atom stereocenters. The summed E-state index contributed by atoms with van der Waals surface area (Å²) in [5.41, 5.74) is 5.84. The first-order chi connectivity index (χ1) is 18.5. The van der Waals surface area contributed by atoms with Crippen LogP contribution in [-0.4, -0.2) is 41.1 Å². The molecular weight excluding hydrogens is 527 g/mol. The largest absolute Gasteiger partial charge is 0.497 e. The van der Waals surface area contributed by atoms with E-state index in [0.29, 0.717) is 28.2 Å². The fourth-order valence-corrected chi connectivity index (χ4v) is 6.08. The van der Waals surface area contributed by atoms with Gasteiger partial charge in [-0.2, -0.15) is 8.78 Å². The molecule has 0 bridgehead atoms. The second-order valence-electron chi connectivity index (χ2n) is 9.13. The molecule has 4 aromatic rings. The van der Waals surface area contributed by atoms with Gasteiger partial charge in [-0.1, -0.05) is 18.2 Å². The van der Waals surface area contributed by atoms with E-state index >= 15 is 8.78 Å². The van der Waals surface area contributed by atoms with E-state index in [2.05, 4.69) is 9.97 Å². The molecule has 0 spiro atoms. The monoisotopic (exact) mass is 559 g/mol. The van der Waals surface area contributed by atoms with E-state index < -0.39 is 19.4 Å². The fourth-order valence-electron chi connectivity index (χ4n) is 4.53. The number of fused-ring (bicyclic) bond motifs is 3. The Bertz CT molecular complexity index is 1540. The van der Waals surface area contributed by atoms with Crippen molar-refractivity contribution in [1.82, 2.24) is 9.97 Å². The summed E-state index contributed by atoms with van der Waals surface area (Å²) in [4.78, 5) is 8.85. The summed E-state index contributed by atoms with van der Waals surface area (Å²) in [6, 6.07) is 12.1. The summed E-state index contributed by atoms with van der Waals surface area (Å²) in [5.74, 6) is 0.932. The van der Waals surface area contributed by atoms with Crippen LogP contribution in [0.4, 0.5) is 14.6 Å². The van der Waals surface area contributed by atoms with Gasteiger partial charge in [-0.05, 0) is 80.1 Å². The molecule has 0 amide bonds. The highest BCUT2D eigenvalue weighted by Gasteiger charge is 2.59. The SMILES string of the molecule is CCOP(=O)(OCC)C(F)(F)C(O)c1ccc2c(c1)nc(N)c1ncc(CCc3ccc(OC)cc3C)cc12. The molecule has 8 nitrogen and oxygen atoms in total. The molecule has 0 fully saturated rings. The number of methoxy groups -OCH3 is 1. The first-order valence-corrected chi connectivity index (χ1v) is 14.1. The lowest BCUT2D eigenvalue weighted by Crippen LogP contribution is -2.28. The van der Waals surface area contributed by atoms with Gasteiger partial charge < -0.3 is 24.6 Å². The number of hydrogen-bond acceptors (Lipinski definition) is 8. The second-order valence-corrected chi connectivity index (χ2v) is 11.2. The Hall–Kier alpha value is -3.17. The van der Waals surface area contributed by atoms with Crippen molar-refractivity contribution in [3.05, 3.63) is 70.9 Å². The van der Waals surface area contributed by atoms with Gasteiger partial charge in [0.25, 0.3) is 0 Å². The van der Waals surface area contributed by atoms with Crippen LogP contribution in [-0.2, 0) is 26.5 Å². The van der Waals surface area contributed by atoms with Crippen LogP contribution in [0.3, 0.4) is 0 Å². The van der Waals surface area contributed by atoms with Gasteiger partial charge in [0.15, 0.2) is 11.9 Å². The molecule has 11 heteroatoms. The third kappa shape index (κ3) is 5.61. The molecule has 0 aliphatic heterocycles. The second kappa shape index (κ2) is 11.5. The standard InChI is InChI=1S/C28H32F2N3O5P/c1-5-37-39(35,38-6-2)28(29,30)26(34)20-10-12-22-23-14-18(16-32-25(23)27(31)33-24(22)15-20)7-8-19-9-11-21(36-4)13-17(19)3/h9-16,26,34H,5-8H2,1-4H3,(H2,31,33). The molecule has 0 aliphatic carbocycles. The summed E-state index contributed by atoms with van der Waals surface area (Å²) >= 11 is 0. The number of aromatic nitrogens is 2. The van der Waals surface area contributed by atoms with Crippen molar-refractivity contribution in [1.29, 1.82) is 0 Å². The number of ether oxygens (including phenoxy) is 1. The minimum Gasteiger partial charge on any atom is -0.497 e. The topological polar surface area (TPSA) is 117 Å². The van der Waals surface area contributed by atoms with Crippen LogP contribution in [0, 0.1) is 6.92 Å². The van der Waals surface area contributed by atoms with Crippen molar-refractivity contribution in [2.45, 2.75) is 45.4 Å². The van der Waals surface area contributed by atoms with Crippen LogP contribution in [0.5, 0.6) is 5.75 Å². The molecular formula is C28H32F2N3O5P. The number of nitrogens with two attached hydrogens (primary N) is 1. The van der Waals surface area contributed by atoms with Crippen LogP contribution >= 0.6 is 7.60 Å². The number of nitrogen functional groups attached to an aromatic ring is 1. The normalized spacial score (nSPS) is 13.2. The first-order valence-electron chi connectivity index (χ1n) is 12.6. The predicted octanol–water partition coefficient (Wildman–Crippen LogP) is 6.36. The number of aliphatic hydroxyl groups excluding tert-OH is 1. The number of anilines is 1. The quantitative estimate of drug-likeness (QED) is 0.161. The minimum absolute atomic E-state index is 0.128. The zero-order valence-electron chi connectivity index (χ0n) is 22.3. The Morgan fingerprint density at radius 1 is 1.05 bits per heavy atom. The molecule has 2 aromatic heterocycles. The maximum absolute atomic E-state index is 15.2. The van der Waals surface area contributed by atoms with Crippen LogP contribution in [0.2, 0.25) is 0 Å². The van der Waals surface area contributed by atoms with Gasteiger partial charge in [0.2, 0.25) is 0 Å². The maximum atomic E-state index is 15.2. The van der Waals surface area contributed by atoms with Crippen LogP contribution in [0.15, 0.2) is 48.7 Å². The number of benzene rings is 2. The Morgan fingerprint density at radius 3 is 2.41 bits per heavy atom. The van der Waals surface area contributed by atoms with E-state index in [-0.39, 0.29) is 24.6 Å². The summed E-state index contributed by atoms with van der Waals surface area (Å²) < 4.78 is 58.0. The molecule has 3 N–H and O–H groups in total. The Balaban J connectivity index is 1.68. The highest BCUT2D eigenvalue weighted by Crippen LogP contribution is 2.66. The number of rotatable bonds is 11. The van der Waals surface area contributed by atoms with Crippen molar-refractivity contribution < 1.29 is 32.2 Å². The molecule has 0 radical (unpaired) electrons. The summed E-state index contributed by atoms with van der Waals surface area (Å²) in [6.07, 6.45) is 0.796. The summed E-state index contributed by atoms with van der Waals surface area (Å²) in [5, 5.41) is 11.9. The predicted molar refractivity (Wildman–Crippen MR) is 147 cm³/mol. The van der Waals surface area contributed by atoms with E-state index in [1.54, 1.807) is 19.4 Å². The van der Waals surface area contributed by atoms with Gasteiger partial charge in [0, 0.05) is 17.0 Å². The number of aliphatic hydroxyl groups is 1. The van der Waals surface area contributed by atoms with E-state index in [1.807, 2.05) is 31.2 Å². The molecule has 2 aromatic carbocycles. The lowest BCUT2D eigenvalue weighted by atomic mass is 9.99. The fraction of sp³-hybridized carbons (Fsp3) is 0.357. The van der Waals surface area contributed by atoms with Crippen LogP contribution in [0.1, 0.15) is 42.2 Å². The van der Waals surface area contributed by atoms with E-state index in [1.165, 1.54) is 31.5 Å². The highest BCUT2D eigenvalue weighted by atomic mass is 31.2. The van der Waals surface area contributed by atoms with E-state index in [9.17, 15) is 9.67 Å². The van der Waals surface area contributed by atoms with Crippen molar-refractivity contribution in [2.75, 3.05) is 26.1 Å². The van der Waals surface area contributed by atoms with Crippen molar-refractivity contribution in [3.63, 3.8) is 0 Å². The number of aryl methyl sites for hydroxylation is 3. The third-order valence-corrected chi connectivity index (χ3v) is 8.75. The summed E-state index contributed by atoms with van der Waals surface area (Å²) in [6.45, 7) is 4.34. The van der Waals surface area contributed by atoms with Gasteiger partial charge in [0.1, 0.15) is 11.3 Å². The average Bonchev–Trinajstić information content (AvgIpc) is 2.91. The molecule has 1 unspecified atom stereocenters. The molecule has 0 saturated carbocycles. The number of nitrogens with zero attached hydrogens (tertiary/aromatic N) is 2. The van der Waals surface area contributed by atoms with Gasteiger partial charge in [-0.15, -0.1) is 0 Å². The van der Waals surface area contributed by atoms with Gasteiger partial charge in [-0.3, -0.25) is 9.55 Å². The Kier molecular flexibility index (Phi) is 8.51. The Morgan fingerprint density at radius 2 is 1.77 bits per heavy atom. The molecule has 0 saturated heterocycles.